The fourth-order valence-electron chi connectivity index (χ4n) is 4.76. The first-order valence-corrected chi connectivity index (χ1v) is 13.8. The number of halogens is 2. The number of aromatic nitrogens is 2. The lowest BCUT2D eigenvalue weighted by Crippen LogP contribution is -2.36. The van der Waals surface area contributed by atoms with Gasteiger partial charge in [-0.1, -0.05) is 11.2 Å². The van der Waals surface area contributed by atoms with Gasteiger partial charge in [0.15, 0.2) is 15.5 Å². The van der Waals surface area contributed by atoms with Crippen LogP contribution in [0.15, 0.2) is 27.6 Å². The molecule has 4 rings (SSSR count). The molecular formula is C24H33F2N3O4S. The summed E-state index contributed by atoms with van der Waals surface area (Å²) in [5.41, 5.74) is -1.03. The van der Waals surface area contributed by atoms with Crippen molar-refractivity contribution >= 4 is 15.9 Å². The minimum Gasteiger partial charge on any atom is -0.378 e. The molecule has 0 radical (unpaired) electrons. The molecule has 7 nitrogen and oxygen atoms in total. The Morgan fingerprint density at radius 2 is 1.82 bits per heavy atom. The van der Waals surface area contributed by atoms with E-state index in [0.717, 1.165) is 63.9 Å². The Kier molecular flexibility index (Phi) is 7.28. The van der Waals surface area contributed by atoms with E-state index in [-0.39, 0.29) is 22.7 Å². The van der Waals surface area contributed by atoms with E-state index in [1.807, 2.05) is 4.90 Å². The molecule has 0 N–H and O–H groups in total. The summed E-state index contributed by atoms with van der Waals surface area (Å²) in [7, 11) is -3.41. The Balaban J connectivity index is 1.21. The molecule has 0 spiro atoms. The fourth-order valence-corrected chi connectivity index (χ4v) is 5.39. The van der Waals surface area contributed by atoms with Gasteiger partial charge in [0.05, 0.1) is 11.0 Å². The van der Waals surface area contributed by atoms with Crippen molar-refractivity contribution in [2.75, 3.05) is 30.9 Å². The van der Waals surface area contributed by atoms with Crippen molar-refractivity contribution in [3.8, 4) is 0 Å². The van der Waals surface area contributed by atoms with E-state index in [0.29, 0.717) is 24.1 Å². The van der Waals surface area contributed by atoms with Crippen molar-refractivity contribution in [1.82, 2.24) is 10.1 Å². The molecule has 0 bridgehead atoms. The Bertz CT molecular complexity index is 1080. The van der Waals surface area contributed by atoms with Gasteiger partial charge in [-0.25, -0.2) is 17.2 Å². The summed E-state index contributed by atoms with van der Waals surface area (Å²) in [6.07, 6.45) is 6.49. The molecule has 34 heavy (non-hydrogen) atoms. The molecular weight excluding hydrogens is 464 g/mol. The molecule has 1 aromatic heterocycles. The molecule has 10 heteroatoms. The van der Waals surface area contributed by atoms with Crippen LogP contribution in [0.25, 0.3) is 0 Å². The van der Waals surface area contributed by atoms with E-state index in [4.69, 9.17) is 9.26 Å². The summed E-state index contributed by atoms with van der Waals surface area (Å²) in [6.45, 7) is 5.02. The number of anilines is 1. The second-order valence-electron chi connectivity index (χ2n) is 10.1. The third-order valence-electron chi connectivity index (χ3n) is 6.91. The predicted octanol–water partition coefficient (Wildman–Crippen LogP) is 4.78. The summed E-state index contributed by atoms with van der Waals surface area (Å²) in [5, 5.41) is 3.75. The Hall–Kier alpha value is -2.07. The van der Waals surface area contributed by atoms with E-state index < -0.39 is 21.3 Å². The van der Waals surface area contributed by atoms with Crippen molar-refractivity contribution in [2.24, 2.45) is 5.92 Å². The molecule has 2 heterocycles. The van der Waals surface area contributed by atoms with E-state index in [1.165, 1.54) is 19.9 Å². The van der Waals surface area contributed by atoms with Gasteiger partial charge in [0.25, 0.3) is 0 Å². The number of sulfone groups is 1. The molecule has 1 saturated carbocycles. The topological polar surface area (TPSA) is 85.5 Å². The Morgan fingerprint density at radius 1 is 1.15 bits per heavy atom. The third-order valence-corrected chi connectivity index (χ3v) is 8.02. The fraction of sp³-hybridized carbons (Fsp3) is 0.667. The van der Waals surface area contributed by atoms with Gasteiger partial charge in [-0.3, -0.25) is 0 Å². The molecule has 0 amide bonds. The molecule has 2 aliphatic rings. The number of ether oxygens (including phenoxy) is 1. The highest BCUT2D eigenvalue weighted by Gasteiger charge is 2.30. The third kappa shape index (κ3) is 5.94. The van der Waals surface area contributed by atoms with Crippen molar-refractivity contribution in [3.63, 3.8) is 0 Å². The summed E-state index contributed by atoms with van der Waals surface area (Å²) in [4.78, 5) is 6.20. The standard InChI is InChI=1S/C24H33F2N3O4S/c1-24(2,26)22-27-23(33-28-22)29-12-10-16(11-13-29)15-32-18-6-4-17(5-7-18)20-9-8-19(14-21(20)25)34(3,30)31/h8-9,14,16-18H,4-7,10-13,15H2,1-3H3. The smallest absolute Gasteiger partial charge is 0.324 e. The van der Waals surface area contributed by atoms with Crippen LogP contribution in [0.1, 0.15) is 69.7 Å². The van der Waals surface area contributed by atoms with Crippen LogP contribution >= 0.6 is 0 Å². The van der Waals surface area contributed by atoms with Crippen LogP contribution in [-0.4, -0.2) is 50.6 Å². The minimum absolute atomic E-state index is 0.0163. The van der Waals surface area contributed by atoms with E-state index in [1.54, 1.807) is 6.07 Å². The summed E-state index contributed by atoms with van der Waals surface area (Å²) in [5.74, 6) is 0.150. The van der Waals surface area contributed by atoms with Crippen LogP contribution in [0.4, 0.5) is 14.8 Å². The molecule has 2 fully saturated rings. The highest BCUT2D eigenvalue weighted by molar-refractivity contribution is 7.90. The Labute approximate surface area is 199 Å². The van der Waals surface area contributed by atoms with Crippen LogP contribution in [0, 0.1) is 11.7 Å². The lowest BCUT2D eigenvalue weighted by atomic mass is 9.82. The first kappa shape index (κ1) is 25.0. The van der Waals surface area contributed by atoms with Crippen molar-refractivity contribution in [3.05, 3.63) is 35.4 Å². The van der Waals surface area contributed by atoms with Gasteiger partial charge in [-0.05, 0) is 81.9 Å². The molecule has 188 valence electrons. The largest absolute Gasteiger partial charge is 0.378 e. The molecule has 2 aromatic rings. The average molecular weight is 498 g/mol. The monoisotopic (exact) mass is 497 g/mol. The molecule has 1 saturated heterocycles. The number of hydrogen-bond donors (Lipinski definition) is 0. The second-order valence-corrected chi connectivity index (χ2v) is 12.1. The van der Waals surface area contributed by atoms with Crippen LogP contribution in [-0.2, 0) is 20.2 Å². The first-order valence-electron chi connectivity index (χ1n) is 11.9. The van der Waals surface area contributed by atoms with Crippen LogP contribution < -0.4 is 4.90 Å². The summed E-state index contributed by atoms with van der Waals surface area (Å²) >= 11 is 0. The van der Waals surface area contributed by atoms with Crippen LogP contribution in [0.3, 0.4) is 0 Å². The maximum absolute atomic E-state index is 14.5. The Morgan fingerprint density at radius 3 is 2.38 bits per heavy atom. The SMILES string of the molecule is CC(C)(F)c1noc(N2CCC(COC3CCC(c4ccc(S(C)(=O)=O)cc4F)CC3)CC2)n1. The second kappa shape index (κ2) is 9.89. The lowest BCUT2D eigenvalue weighted by Gasteiger charge is -2.33. The molecule has 1 aliphatic carbocycles. The van der Waals surface area contributed by atoms with Crippen molar-refractivity contribution < 1.29 is 26.5 Å². The predicted molar refractivity (Wildman–Crippen MR) is 124 cm³/mol. The molecule has 1 aromatic carbocycles. The van der Waals surface area contributed by atoms with Gasteiger partial charge >= 0.3 is 6.01 Å². The number of alkyl halides is 1. The summed E-state index contributed by atoms with van der Waals surface area (Å²) in [6, 6.07) is 4.62. The average Bonchev–Trinajstić information content (AvgIpc) is 3.29. The van der Waals surface area contributed by atoms with Crippen molar-refractivity contribution in [1.29, 1.82) is 0 Å². The zero-order chi connectivity index (χ0) is 24.5. The van der Waals surface area contributed by atoms with Gasteiger partial charge < -0.3 is 14.2 Å². The van der Waals surface area contributed by atoms with Gasteiger partial charge in [0, 0.05) is 26.0 Å². The first-order chi connectivity index (χ1) is 16.0. The number of rotatable bonds is 7. The molecule has 0 atom stereocenters. The van der Waals surface area contributed by atoms with Crippen molar-refractivity contribution in [2.45, 2.75) is 75.0 Å². The number of nitrogens with zero attached hydrogens (tertiary/aromatic N) is 3. The van der Waals surface area contributed by atoms with E-state index in [2.05, 4.69) is 10.1 Å². The highest BCUT2D eigenvalue weighted by atomic mass is 32.2. The number of hydrogen-bond acceptors (Lipinski definition) is 7. The zero-order valence-corrected chi connectivity index (χ0v) is 20.8. The van der Waals surface area contributed by atoms with Gasteiger partial charge in [-0.2, -0.15) is 4.98 Å². The van der Waals surface area contributed by atoms with Gasteiger partial charge in [0.1, 0.15) is 5.82 Å². The summed E-state index contributed by atoms with van der Waals surface area (Å²) < 4.78 is 63.2. The number of piperidine rings is 1. The molecule has 0 unspecified atom stereocenters. The minimum atomic E-state index is -3.41. The number of benzene rings is 1. The van der Waals surface area contributed by atoms with Crippen LogP contribution in [0.2, 0.25) is 0 Å². The van der Waals surface area contributed by atoms with Crippen LogP contribution in [0.5, 0.6) is 0 Å². The van der Waals surface area contributed by atoms with E-state index >= 15 is 0 Å². The quantitative estimate of drug-likeness (QED) is 0.544. The molecule has 1 aliphatic heterocycles. The van der Waals surface area contributed by atoms with Gasteiger partial charge in [-0.15, -0.1) is 0 Å². The van der Waals surface area contributed by atoms with Gasteiger partial charge in [0.2, 0.25) is 5.82 Å². The normalized spacial score (nSPS) is 22.8. The lowest BCUT2D eigenvalue weighted by molar-refractivity contribution is 0.000280. The zero-order valence-electron chi connectivity index (χ0n) is 20.0. The maximum atomic E-state index is 14.5. The van der Waals surface area contributed by atoms with E-state index in [9.17, 15) is 17.2 Å². The highest BCUT2D eigenvalue weighted by Crippen LogP contribution is 2.36. The maximum Gasteiger partial charge on any atom is 0.324 e.